The number of likely N-dealkylation sites (tertiary alicyclic amines) is 1. The summed E-state index contributed by atoms with van der Waals surface area (Å²) in [6.07, 6.45) is 5.90. The number of benzene rings is 2. The molecule has 2 aromatic carbocycles. The summed E-state index contributed by atoms with van der Waals surface area (Å²) in [6, 6.07) is 18.5. The van der Waals surface area contributed by atoms with Gasteiger partial charge in [-0.2, -0.15) is 0 Å². The highest BCUT2D eigenvalue weighted by Gasteiger charge is 2.20. The van der Waals surface area contributed by atoms with Crippen LogP contribution in [0, 0.1) is 0 Å². The lowest BCUT2D eigenvalue weighted by atomic mass is 10.1. The minimum Gasteiger partial charge on any atom is -0.331 e. The zero-order chi connectivity index (χ0) is 22.2. The van der Waals surface area contributed by atoms with Crippen molar-refractivity contribution in [1.82, 2.24) is 13.7 Å². The highest BCUT2D eigenvalue weighted by molar-refractivity contribution is 5.94. The molecule has 1 fully saturated rings. The third-order valence-electron chi connectivity index (χ3n) is 6.72. The number of aromatic nitrogens is 3. The number of aryl methyl sites for hydroxylation is 1. The van der Waals surface area contributed by atoms with Gasteiger partial charge in [0.25, 0.3) is 5.56 Å². The molecule has 0 spiro atoms. The Hall–Kier alpha value is -3.38. The average molecular weight is 430 g/mol. The van der Waals surface area contributed by atoms with E-state index in [1.54, 1.807) is 16.5 Å². The van der Waals surface area contributed by atoms with Crippen molar-refractivity contribution >= 4 is 10.9 Å². The lowest BCUT2D eigenvalue weighted by Crippen LogP contribution is -3.11. The Morgan fingerprint density at radius 2 is 1.53 bits per heavy atom. The predicted molar refractivity (Wildman–Crippen MR) is 127 cm³/mol. The third-order valence-corrected chi connectivity index (χ3v) is 6.72. The van der Waals surface area contributed by atoms with Gasteiger partial charge in [0.2, 0.25) is 0 Å². The Labute approximate surface area is 187 Å². The second kappa shape index (κ2) is 8.28. The summed E-state index contributed by atoms with van der Waals surface area (Å²) in [6.45, 7) is 3.55. The highest BCUT2D eigenvalue weighted by Crippen LogP contribution is 2.30. The van der Waals surface area contributed by atoms with Crippen molar-refractivity contribution in [2.75, 3.05) is 13.1 Å². The van der Waals surface area contributed by atoms with E-state index in [9.17, 15) is 9.59 Å². The van der Waals surface area contributed by atoms with Crippen molar-refractivity contribution in [3.63, 3.8) is 0 Å². The molecule has 2 aromatic heterocycles. The maximum Gasteiger partial charge on any atom is 0.330 e. The molecule has 32 heavy (non-hydrogen) atoms. The van der Waals surface area contributed by atoms with Gasteiger partial charge < -0.3 is 9.47 Å². The normalized spacial score (nSPS) is 14.8. The van der Waals surface area contributed by atoms with Crippen LogP contribution in [0.2, 0.25) is 0 Å². The topological polar surface area (TPSA) is 53.4 Å². The third kappa shape index (κ3) is 3.50. The van der Waals surface area contributed by atoms with Crippen LogP contribution >= 0.6 is 0 Å². The second-order valence-corrected chi connectivity index (χ2v) is 8.83. The van der Waals surface area contributed by atoms with Crippen LogP contribution in [0.5, 0.6) is 0 Å². The first-order valence-corrected chi connectivity index (χ1v) is 11.3. The smallest absolute Gasteiger partial charge is 0.330 e. The molecule has 0 unspecified atom stereocenters. The number of nitrogens with one attached hydrogen (secondary N) is 1. The summed E-state index contributed by atoms with van der Waals surface area (Å²) in [7, 11) is 3.25. The minimum absolute atomic E-state index is 0.272. The van der Waals surface area contributed by atoms with Gasteiger partial charge in [-0.1, -0.05) is 42.5 Å². The fourth-order valence-corrected chi connectivity index (χ4v) is 4.92. The van der Waals surface area contributed by atoms with E-state index in [0.29, 0.717) is 10.9 Å². The van der Waals surface area contributed by atoms with Crippen LogP contribution in [0.25, 0.3) is 27.8 Å². The van der Waals surface area contributed by atoms with Crippen LogP contribution in [0.15, 0.2) is 70.4 Å². The van der Waals surface area contributed by atoms with Crippen molar-refractivity contribution in [3.05, 3.63) is 87.2 Å². The van der Waals surface area contributed by atoms with Crippen molar-refractivity contribution in [1.29, 1.82) is 0 Å². The summed E-state index contributed by atoms with van der Waals surface area (Å²) >= 11 is 0. The molecule has 3 heterocycles. The molecule has 0 radical (unpaired) electrons. The van der Waals surface area contributed by atoms with Crippen molar-refractivity contribution < 1.29 is 4.90 Å². The number of piperidine rings is 1. The van der Waals surface area contributed by atoms with Crippen molar-refractivity contribution in [2.24, 2.45) is 14.1 Å². The molecule has 4 aromatic rings. The molecular weight excluding hydrogens is 400 g/mol. The quantitative estimate of drug-likeness (QED) is 0.541. The van der Waals surface area contributed by atoms with Crippen LogP contribution in [-0.4, -0.2) is 26.8 Å². The molecule has 1 aliphatic heterocycles. The average Bonchev–Trinajstić information content (AvgIpc) is 3.24. The van der Waals surface area contributed by atoms with Gasteiger partial charge in [0.1, 0.15) is 6.54 Å². The molecule has 164 valence electrons. The van der Waals surface area contributed by atoms with Crippen molar-refractivity contribution in [3.8, 4) is 16.9 Å². The van der Waals surface area contributed by atoms with E-state index in [0.717, 1.165) is 23.5 Å². The fourth-order valence-electron chi connectivity index (χ4n) is 4.92. The standard InChI is InChI=1S/C26H28N4O2/c1-27-22-18-30(21-13-11-19(12-14-21)17-29-15-7-4-8-16-29)24(20-9-5-3-6-10-20)23(22)25(31)28(2)26(27)32/h3,5-6,9-14,18H,4,7-8,15-17H2,1-2H3/p+1. The first kappa shape index (κ1) is 20.5. The van der Waals surface area contributed by atoms with Crippen LogP contribution in [0.3, 0.4) is 0 Å². The lowest BCUT2D eigenvalue weighted by molar-refractivity contribution is -0.918. The molecule has 6 nitrogen and oxygen atoms in total. The summed E-state index contributed by atoms with van der Waals surface area (Å²) in [5.74, 6) is 0. The Bertz CT molecular complexity index is 1370. The zero-order valence-corrected chi connectivity index (χ0v) is 18.7. The number of nitrogens with zero attached hydrogens (tertiary/aromatic N) is 3. The van der Waals surface area contributed by atoms with Crippen LogP contribution in [-0.2, 0) is 20.6 Å². The largest absolute Gasteiger partial charge is 0.331 e. The van der Waals surface area contributed by atoms with E-state index in [-0.39, 0.29) is 11.2 Å². The fraction of sp³-hybridized carbons (Fsp3) is 0.308. The Morgan fingerprint density at radius 3 is 2.22 bits per heavy atom. The number of hydrogen-bond acceptors (Lipinski definition) is 2. The SMILES string of the molecule is Cn1c(=O)c2c(-c3ccccc3)n(-c3ccc(C[NH+]4CCCCC4)cc3)cc2n(C)c1=O. The monoisotopic (exact) mass is 429 g/mol. The first-order chi connectivity index (χ1) is 15.5. The van der Waals surface area contributed by atoms with Gasteiger partial charge in [-0.05, 0) is 37.0 Å². The van der Waals surface area contributed by atoms with E-state index in [1.165, 1.54) is 49.5 Å². The summed E-state index contributed by atoms with van der Waals surface area (Å²) < 4.78 is 4.77. The van der Waals surface area contributed by atoms with Crippen LogP contribution in [0.4, 0.5) is 0 Å². The summed E-state index contributed by atoms with van der Waals surface area (Å²) in [5, 5.41) is 0.558. The second-order valence-electron chi connectivity index (χ2n) is 8.83. The van der Waals surface area contributed by atoms with Crippen molar-refractivity contribution in [2.45, 2.75) is 25.8 Å². The molecule has 0 saturated carbocycles. The van der Waals surface area contributed by atoms with E-state index in [2.05, 4.69) is 24.3 Å². The lowest BCUT2D eigenvalue weighted by Gasteiger charge is -2.23. The molecule has 6 heteroatoms. The molecule has 0 amide bonds. The van der Waals surface area contributed by atoms with Gasteiger partial charge in [0.05, 0.1) is 29.7 Å². The van der Waals surface area contributed by atoms with Gasteiger partial charge in [0, 0.05) is 31.5 Å². The van der Waals surface area contributed by atoms with Gasteiger partial charge in [-0.25, -0.2) is 4.79 Å². The number of rotatable bonds is 4. The Kier molecular flexibility index (Phi) is 5.31. The minimum atomic E-state index is -0.320. The van der Waals surface area contributed by atoms with Crippen LogP contribution in [0.1, 0.15) is 24.8 Å². The Morgan fingerprint density at radius 1 is 0.844 bits per heavy atom. The number of hydrogen-bond donors (Lipinski definition) is 1. The van der Waals surface area contributed by atoms with Crippen LogP contribution < -0.4 is 16.1 Å². The van der Waals surface area contributed by atoms with E-state index in [4.69, 9.17) is 0 Å². The van der Waals surface area contributed by atoms with Gasteiger partial charge >= 0.3 is 5.69 Å². The number of quaternary nitrogens is 1. The molecular formula is C26H29N4O2+. The first-order valence-electron chi connectivity index (χ1n) is 11.3. The summed E-state index contributed by atoms with van der Waals surface area (Å²) in [5.41, 5.74) is 4.11. The molecule has 1 aliphatic rings. The Balaban J connectivity index is 1.65. The van der Waals surface area contributed by atoms with E-state index in [1.807, 2.05) is 41.1 Å². The zero-order valence-electron chi connectivity index (χ0n) is 18.7. The maximum atomic E-state index is 13.1. The highest BCUT2D eigenvalue weighted by atomic mass is 16.2. The summed E-state index contributed by atoms with van der Waals surface area (Å²) in [4.78, 5) is 27.3. The van der Waals surface area contributed by atoms with Gasteiger partial charge in [-0.3, -0.25) is 13.9 Å². The molecule has 0 aliphatic carbocycles. The molecule has 0 atom stereocenters. The maximum absolute atomic E-state index is 13.1. The molecule has 1 N–H and O–H groups in total. The molecule has 5 rings (SSSR count). The van der Waals surface area contributed by atoms with Gasteiger partial charge in [-0.15, -0.1) is 0 Å². The molecule has 1 saturated heterocycles. The number of fused-ring (bicyclic) bond motifs is 1. The van der Waals surface area contributed by atoms with E-state index >= 15 is 0 Å². The van der Waals surface area contributed by atoms with E-state index < -0.39 is 0 Å². The molecule has 0 bridgehead atoms. The van der Waals surface area contributed by atoms with Gasteiger partial charge in [0.15, 0.2) is 0 Å². The predicted octanol–water partition coefficient (Wildman–Crippen LogP) is 2.26.